The number of rotatable bonds is 5. The zero-order valence-corrected chi connectivity index (χ0v) is 16.5. The van der Waals surface area contributed by atoms with Crippen molar-refractivity contribution in [3.8, 4) is 11.4 Å². The van der Waals surface area contributed by atoms with Gasteiger partial charge in [-0.05, 0) is 10.8 Å². The van der Waals surface area contributed by atoms with Gasteiger partial charge in [-0.3, -0.25) is 0 Å². The lowest BCUT2D eigenvalue weighted by molar-refractivity contribution is -1.02. The highest BCUT2D eigenvalue weighted by Gasteiger charge is 2.25. The molecule has 5 rings (SSSR count). The lowest BCUT2D eigenvalue weighted by Crippen LogP contribution is -3.27. The number of fused-ring (bicyclic) bond motifs is 1. The fourth-order valence-electron chi connectivity index (χ4n) is 4.27. The van der Waals surface area contributed by atoms with Crippen molar-refractivity contribution in [2.75, 3.05) is 26.2 Å². The topological polar surface area (TPSA) is 47.8 Å². The summed E-state index contributed by atoms with van der Waals surface area (Å²) in [5.41, 5.74) is 2.45. The molecule has 1 fully saturated rings. The third-order valence-electron chi connectivity index (χ3n) is 5.89. The zero-order chi connectivity index (χ0) is 19.5. The lowest BCUT2D eigenvalue weighted by Gasteiger charge is -2.29. The number of benzene rings is 3. The van der Waals surface area contributed by atoms with Gasteiger partial charge < -0.3 is 14.3 Å². The van der Waals surface area contributed by atoms with Crippen molar-refractivity contribution >= 4 is 10.8 Å². The van der Waals surface area contributed by atoms with Gasteiger partial charge in [0.05, 0.1) is 0 Å². The number of nitrogens with zero attached hydrogens (tertiary/aromatic N) is 2. The van der Waals surface area contributed by atoms with Crippen LogP contribution in [0.2, 0.25) is 0 Å². The maximum atomic E-state index is 5.50. The van der Waals surface area contributed by atoms with E-state index in [0.29, 0.717) is 5.82 Å². The first-order chi connectivity index (χ1) is 14.3. The summed E-state index contributed by atoms with van der Waals surface area (Å²) >= 11 is 0. The van der Waals surface area contributed by atoms with Crippen molar-refractivity contribution in [3.63, 3.8) is 0 Å². The molecule has 0 bridgehead atoms. The summed E-state index contributed by atoms with van der Waals surface area (Å²) in [5.74, 6) is 1.41. The van der Waals surface area contributed by atoms with Gasteiger partial charge in [0, 0.05) is 11.1 Å². The van der Waals surface area contributed by atoms with Gasteiger partial charge in [-0.2, -0.15) is 4.98 Å². The summed E-state index contributed by atoms with van der Waals surface area (Å²) in [6, 6.07) is 25.3. The van der Waals surface area contributed by atoms with Gasteiger partial charge in [0.15, 0.2) is 6.54 Å². The van der Waals surface area contributed by atoms with Gasteiger partial charge in [-0.25, -0.2) is 0 Å². The molecule has 1 aliphatic heterocycles. The highest BCUT2D eigenvalue weighted by atomic mass is 16.5. The van der Waals surface area contributed by atoms with Crippen LogP contribution in [0.5, 0.6) is 0 Å². The molecule has 0 spiro atoms. The van der Waals surface area contributed by atoms with Crippen LogP contribution in [0, 0.1) is 0 Å². The van der Waals surface area contributed by atoms with Crippen molar-refractivity contribution in [1.29, 1.82) is 0 Å². The Hall–Kier alpha value is -3.02. The van der Waals surface area contributed by atoms with Gasteiger partial charge >= 0.3 is 0 Å². The van der Waals surface area contributed by atoms with Crippen LogP contribution in [0.1, 0.15) is 11.5 Å². The van der Waals surface area contributed by atoms with Gasteiger partial charge in [0.2, 0.25) is 5.82 Å². The summed E-state index contributed by atoms with van der Waals surface area (Å²) in [4.78, 5) is 7.77. The summed E-state index contributed by atoms with van der Waals surface area (Å²) < 4.78 is 5.50. The van der Waals surface area contributed by atoms with E-state index in [4.69, 9.17) is 4.52 Å². The van der Waals surface area contributed by atoms with Crippen LogP contribution in [-0.2, 0) is 13.1 Å². The predicted octanol–water partition coefficient (Wildman–Crippen LogP) is 1.37. The van der Waals surface area contributed by atoms with Crippen LogP contribution in [0.15, 0.2) is 77.3 Å². The van der Waals surface area contributed by atoms with Crippen LogP contribution < -0.4 is 9.80 Å². The molecule has 0 unspecified atom stereocenters. The molecule has 4 aromatic rings. The molecule has 2 N–H and O–H groups in total. The SMILES string of the molecule is c1ccc(-c2noc(C[NH+]3CC[NH+](Cc4cccc5ccccc45)CC3)n2)cc1. The second-order valence-electron chi connectivity index (χ2n) is 7.87. The Labute approximate surface area is 170 Å². The Morgan fingerprint density at radius 2 is 1.41 bits per heavy atom. The number of piperazine rings is 1. The largest absolute Gasteiger partial charge is 0.333 e. The smallest absolute Gasteiger partial charge is 0.282 e. The number of hydrogen-bond acceptors (Lipinski definition) is 3. The molecular formula is C24H26N4O+2. The summed E-state index contributed by atoms with van der Waals surface area (Å²) in [6.45, 7) is 6.48. The van der Waals surface area contributed by atoms with Crippen LogP contribution in [-0.4, -0.2) is 36.3 Å². The number of aromatic nitrogens is 2. The van der Waals surface area contributed by atoms with E-state index in [1.165, 1.54) is 21.2 Å². The second kappa shape index (κ2) is 8.15. The Kier molecular flexibility index (Phi) is 5.07. The second-order valence-corrected chi connectivity index (χ2v) is 7.87. The Morgan fingerprint density at radius 3 is 2.24 bits per heavy atom. The Bertz CT molecular complexity index is 1080. The lowest BCUT2D eigenvalue weighted by atomic mass is 10.0. The molecule has 29 heavy (non-hydrogen) atoms. The van der Waals surface area contributed by atoms with E-state index < -0.39 is 0 Å². The zero-order valence-electron chi connectivity index (χ0n) is 16.5. The van der Waals surface area contributed by atoms with Gasteiger partial charge in [0.1, 0.15) is 32.7 Å². The molecule has 1 aliphatic rings. The Morgan fingerprint density at radius 1 is 0.724 bits per heavy atom. The molecule has 2 heterocycles. The van der Waals surface area contributed by atoms with Crippen molar-refractivity contribution in [3.05, 3.63) is 84.3 Å². The first kappa shape index (κ1) is 18.0. The van der Waals surface area contributed by atoms with E-state index in [0.717, 1.165) is 50.7 Å². The molecule has 1 aromatic heterocycles. The fraction of sp³-hybridized carbons (Fsp3) is 0.250. The quantitative estimate of drug-likeness (QED) is 0.545. The first-order valence-electron chi connectivity index (χ1n) is 10.4. The van der Waals surface area contributed by atoms with Crippen molar-refractivity contribution in [2.24, 2.45) is 0 Å². The molecule has 0 aliphatic carbocycles. The van der Waals surface area contributed by atoms with E-state index in [9.17, 15) is 0 Å². The molecule has 5 heteroatoms. The highest BCUT2D eigenvalue weighted by Crippen LogP contribution is 2.17. The van der Waals surface area contributed by atoms with E-state index in [1.54, 1.807) is 4.90 Å². The van der Waals surface area contributed by atoms with E-state index in [1.807, 2.05) is 30.3 Å². The molecule has 0 amide bonds. The van der Waals surface area contributed by atoms with E-state index in [2.05, 4.69) is 52.6 Å². The molecule has 0 radical (unpaired) electrons. The highest BCUT2D eigenvalue weighted by molar-refractivity contribution is 5.85. The average Bonchev–Trinajstić information content (AvgIpc) is 3.25. The third kappa shape index (κ3) is 4.06. The van der Waals surface area contributed by atoms with E-state index in [-0.39, 0.29) is 0 Å². The first-order valence-corrected chi connectivity index (χ1v) is 10.4. The fourth-order valence-corrected chi connectivity index (χ4v) is 4.27. The number of hydrogen-bond donors (Lipinski definition) is 2. The van der Waals surface area contributed by atoms with Crippen molar-refractivity contribution in [1.82, 2.24) is 10.1 Å². The monoisotopic (exact) mass is 386 g/mol. The average molecular weight is 386 g/mol. The third-order valence-corrected chi connectivity index (χ3v) is 5.89. The standard InChI is InChI=1S/C24H24N4O/c1-2-8-20(9-3-1)24-25-23(29-26-24)18-28-15-13-27(14-16-28)17-21-11-6-10-19-7-4-5-12-22(19)21/h1-12H,13-18H2/p+2. The minimum absolute atomic E-state index is 0.681. The number of quaternary nitrogens is 2. The summed E-state index contributed by atoms with van der Waals surface area (Å²) in [7, 11) is 0. The van der Waals surface area contributed by atoms with Crippen LogP contribution >= 0.6 is 0 Å². The summed E-state index contributed by atoms with van der Waals surface area (Å²) in [6.07, 6.45) is 0. The molecule has 0 atom stereocenters. The maximum absolute atomic E-state index is 5.50. The molecule has 3 aromatic carbocycles. The minimum Gasteiger partial charge on any atom is -0.333 e. The maximum Gasteiger partial charge on any atom is 0.282 e. The van der Waals surface area contributed by atoms with Gasteiger partial charge in [-0.15, -0.1) is 0 Å². The molecule has 5 nitrogen and oxygen atoms in total. The van der Waals surface area contributed by atoms with Crippen molar-refractivity contribution < 1.29 is 14.3 Å². The minimum atomic E-state index is 0.681. The van der Waals surface area contributed by atoms with Gasteiger partial charge in [-0.1, -0.05) is 78.0 Å². The van der Waals surface area contributed by atoms with Crippen LogP contribution in [0.25, 0.3) is 22.2 Å². The van der Waals surface area contributed by atoms with Crippen LogP contribution in [0.3, 0.4) is 0 Å². The van der Waals surface area contributed by atoms with E-state index >= 15 is 0 Å². The molecule has 146 valence electrons. The molecule has 1 saturated heterocycles. The van der Waals surface area contributed by atoms with Gasteiger partial charge in [0.25, 0.3) is 5.89 Å². The number of nitrogens with one attached hydrogen (secondary N) is 2. The normalized spacial score (nSPS) is 19.4. The Balaban J connectivity index is 1.18. The summed E-state index contributed by atoms with van der Waals surface area (Å²) in [5, 5.41) is 6.87. The molecular weight excluding hydrogens is 360 g/mol. The predicted molar refractivity (Wildman–Crippen MR) is 112 cm³/mol. The molecule has 0 saturated carbocycles. The van der Waals surface area contributed by atoms with Crippen LogP contribution in [0.4, 0.5) is 0 Å². The van der Waals surface area contributed by atoms with Crippen molar-refractivity contribution in [2.45, 2.75) is 13.1 Å².